The third-order valence-corrected chi connectivity index (χ3v) is 16.0. The van der Waals surface area contributed by atoms with E-state index in [0.29, 0.717) is 23.9 Å². The molecule has 1 amide bonds. The molecule has 0 heterocycles. The first kappa shape index (κ1) is 79.9. The second kappa shape index (κ2) is 62.0. The van der Waals surface area contributed by atoms with Gasteiger partial charge in [-0.3, -0.25) is 18.6 Å². The molecule has 0 aliphatic heterocycles. The quantitative estimate of drug-likeness (QED) is 0.0205. The molecule has 3 unspecified atom stereocenters. The maximum absolute atomic E-state index is 13.6. The van der Waals surface area contributed by atoms with Crippen LogP contribution < -0.4 is 5.32 Å². The number of carbonyl (C=O) groups is 2. The van der Waals surface area contributed by atoms with Gasteiger partial charge in [0.15, 0.2) is 0 Å². The fourth-order valence-electron chi connectivity index (χ4n) is 9.64. The van der Waals surface area contributed by atoms with Crippen LogP contribution in [0.5, 0.6) is 0 Å². The minimum absolute atomic E-state index is 0.0328. The van der Waals surface area contributed by atoms with Crippen LogP contribution in [0.25, 0.3) is 0 Å². The van der Waals surface area contributed by atoms with E-state index in [2.05, 4.69) is 111 Å². The smallest absolute Gasteiger partial charge is 0.456 e. The van der Waals surface area contributed by atoms with Crippen molar-refractivity contribution in [1.29, 1.82) is 0 Å². The van der Waals surface area contributed by atoms with Crippen LogP contribution in [0, 0.1) is 0 Å². The second-order valence-corrected chi connectivity index (χ2v) is 25.8. The van der Waals surface area contributed by atoms with Gasteiger partial charge < -0.3 is 19.4 Å². The first-order valence-corrected chi connectivity index (χ1v) is 36.1. The molecule has 0 rings (SSSR count). The number of nitrogens with zero attached hydrogens (tertiary/aromatic N) is 1. The standard InChI is InChI=1S/C73H131N2O7P/c1-7-10-13-16-19-22-25-27-29-31-33-35-36-37-38-40-41-43-45-47-50-53-56-59-62-65-72(76)74-70(69-81-83(78,79)80-68-67-75(4,5)6)71(64-61-58-55-52-49-24-21-18-15-12-9-3)82-73(77)66-63-60-57-54-51-48-46-44-42-39-34-32-30-28-26-23-20-17-14-11-8-2/h19-20,22-23,27-30,33-35,39,44,46,61,64,70-71H,7-18,21,24-26,31-32,36-38,40-43,45,47-60,62-63,65-69H2,1-6H3,(H-,74,76,78,79)/p+1/b22-19-,23-20-,29-27-,30-28-,35-33-,39-34-,46-44-,64-61-. The lowest BCUT2D eigenvalue weighted by atomic mass is 10.0. The van der Waals surface area contributed by atoms with E-state index in [1.807, 2.05) is 33.3 Å². The summed E-state index contributed by atoms with van der Waals surface area (Å²) in [6.45, 7) is 6.95. The molecule has 0 radical (unpaired) electrons. The third-order valence-electron chi connectivity index (χ3n) is 15.0. The van der Waals surface area contributed by atoms with E-state index in [0.717, 1.165) is 103 Å². The topological polar surface area (TPSA) is 111 Å². The molecule has 0 saturated carbocycles. The molecule has 0 aromatic rings. The van der Waals surface area contributed by atoms with Gasteiger partial charge in [-0.15, -0.1) is 0 Å². The summed E-state index contributed by atoms with van der Waals surface area (Å²) in [5.74, 6) is -0.527. The van der Waals surface area contributed by atoms with Crippen LogP contribution in [0.2, 0.25) is 0 Å². The van der Waals surface area contributed by atoms with E-state index in [1.165, 1.54) is 161 Å². The average Bonchev–Trinajstić information content (AvgIpc) is 3.51. The molecule has 83 heavy (non-hydrogen) atoms. The van der Waals surface area contributed by atoms with Gasteiger partial charge in [-0.2, -0.15) is 0 Å². The molecule has 0 aromatic heterocycles. The zero-order chi connectivity index (χ0) is 60.7. The minimum Gasteiger partial charge on any atom is -0.456 e. The van der Waals surface area contributed by atoms with E-state index >= 15 is 0 Å². The molecular formula is C73H132N2O7P+. The fourth-order valence-corrected chi connectivity index (χ4v) is 10.4. The summed E-state index contributed by atoms with van der Waals surface area (Å²) >= 11 is 0. The molecular weight excluding hydrogens is 1050 g/mol. The van der Waals surface area contributed by atoms with Gasteiger partial charge >= 0.3 is 13.8 Å². The van der Waals surface area contributed by atoms with Crippen LogP contribution in [-0.2, 0) is 27.9 Å². The summed E-state index contributed by atoms with van der Waals surface area (Å²) in [5, 5.41) is 3.06. The van der Waals surface area contributed by atoms with Gasteiger partial charge in [-0.05, 0) is 115 Å². The normalized spacial score (nSPS) is 14.2. The SMILES string of the molecule is CCCCC/C=C\C/C=C\C/C=C\C/C=C\CCCCCCCC(=O)OC(/C=C\CCCCCCCCCCC)C(COP(=O)(O)OCC[N+](C)(C)C)NC(=O)CCCCCCCCCCCCCC/C=C\C/C=C\C/C=C\CCCCC. The Labute approximate surface area is 513 Å². The monoisotopic (exact) mass is 1180 g/mol. The Morgan fingerprint density at radius 3 is 1.12 bits per heavy atom. The number of phosphoric acid groups is 1. The van der Waals surface area contributed by atoms with Crippen molar-refractivity contribution in [2.24, 2.45) is 0 Å². The third kappa shape index (κ3) is 63.3. The predicted molar refractivity (Wildman–Crippen MR) is 360 cm³/mol. The number of likely N-dealkylation sites (N-methyl/N-ethyl adjacent to an activating group) is 1. The molecule has 2 N–H and O–H groups in total. The summed E-state index contributed by atoms with van der Waals surface area (Å²) < 4.78 is 30.8. The van der Waals surface area contributed by atoms with Crippen molar-refractivity contribution in [1.82, 2.24) is 5.32 Å². The van der Waals surface area contributed by atoms with Gasteiger partial charge in [0.05, 0.1) is 33.8 Å². The molecule has 9 nitrogen and oxygen atoms in total. The van der Waals surface area contributed by atoms with Crippen LogP contribution in [-0.4, -0.2) is 74.3 Å². The molecule has 3 atom stereocenters. The first-order valence-electron chi connectivity index (χ1n) is 34.6. The van der Waals surface area contributed by atoms with Crippen LogP contribution >= 0.6 is 7.82 Å². The van der Waals surface area contributed by atoms with Gasteiger partial charge in [0, 0.05) is 12.8 Å². The minimum atomic E-state index is -4.46. The van der Waals surface area contributed by atoms with Gasteiger partial charge in [-0.25, -0.2) is 4.57 Å². The molecule has 0 fully saturated rings. The zero-order valence-electron chi connectivity index (χ0n) is 54.9. The molecule has 0 spiro atoms. The number of rotatable bonds is 62. The summed E-state index contributed by atoms with van der Waals surface area (Å²) in [5.41, 5.74) is 0. The molecule has 0 aromatic carbocycles. The summed E-state index contributed by atoms with van der Waals surface area (Å²) in [6.07, 6.45) is 84.1. The van der Waals surface area contributed by atoms with Crippen molar-refractivity contribution in [3.8, 4) is 0 Å². The van der Waals surface area contributed by atoms with Gasteiger partial charge in [-0.1, -0.05) is 272 Å². The van der Waals surface area contributed by atoms with E-state index < -0.39 is 20.0 Å². The number of amides is 1. The number of hydrogen-bond acceptors (Lipinski definition) is 6. The largest absolute Gasteiger partial charge is 0.472 e. The van der Waals surface area contributed by atoms with Crippen LogP contribution in [0.3, 0.4) is 0 Å². The van der Waals surface area contributed by atoms with E-state index in [9.17, 15) is 19.0 Å². The van der Waals surface area contributed by atoms with Crippen LogP contribution in [0.4, 0.5) is 0 Å². The maximum atomic E-state index is 13.6. The van der Waals surface area contributed by atoms with E-state index in [4.69, 9.17) is 13.8 Å². The molecule has 0 aliphatic carbocycles. The van der Waals surface area contributed by atoms with Crippen molar-refractivity contribution in [2.75, 3.05) is 40.9 Å². The Kier molecular flexibility index (Phi) is 59.7. The fraction of sp³-hybridized carbons (Fsp3) is 0.753. The summed E-state index contributed by atoms with van der Waals surface area (Å²) in [4.78, 5) is 37.8. The molecule has 10 heteroatoms. The highest BCUT2D eigenvalue weighted by molar-refractivity contribution is 7.47. The van der Waals surface area contributed by atoms with E-state index in [-0.39, 0.29) is 31.5 Å². The number of phosphoric ester groups is 1. The average molecular weight is 1180 g/mol. The van der Waals surface area contributed by atoms with Gasteiger partial charge in [0.2, 0.25) is 5.91 Å². The lowest BCUT2D eigenvalue weighted by molar-refractivity contribution is -0.870. The number of allylic oxidation sites excluding steroid dienone is 15. The van der Waals surface area contributed by atoms with Gasteiger partial charge in [0.1, 0.15) is 19.3 Å². The first-order chi connectivity index (χ1) is 40.4. The Morgan fingerprint density at radius 2 is 0.735 bits per heavy atom. The number of carbonyl (C=O) groups excluding carboxylic acids is 2. The zero-order valence-corrected chi connectivity index (χ0v) is 55.8. The Bertz CT molecular complexity index is 1740. The molecule has 0 aliphatic rings. The number of esters is 1. The van der Waals surface area contributed by atoms with Crippen LogP contribution in [0.15, 0.2) is 97.2 Å². The lowest BCUT2D eigenvalue weighted by Gasteiger charge is -2.27. The summed E-state index contributed by atoms with van der Waals surface area (Å²) in [6, 6.07) is -0.863. The van der Waals surface area contributed by atoms with Crippen molar-refractivity contribution in [2.45, 2.75) is 315 Å². The second-order valence-electron chi connectivity index (χ2n) is 24.3. The highest BCUT2D eigenvalue weighted by Crippen LogP contribution is 2.43. The number of nitrogens with one attached hydrogen (secondary N) is 1. The van der Waals surface area contributed by atoms with Gasteiger partial charge in [0.25, 0.3) is 0 Å². The number of hydrogen-bond donors (Lipinski definition) is 2. The Hall–Kier alpha value is -3.07. The predicted octanol–water partition coefficient (Wildman–Crippen LogP) is 21.9. The molecule has 480 valence electrons. The van der Waals surface area contributed by atoms with Crippen molar-refractivity contribution in [3.63, 3.8) is 0 Å². The molecule has 0 saturated heterocycles. The van der Waals surface area contributed by atoms with Crippen LogP contribution in [0.1, 0.15) is 303 Å². The Morgan fingerprint density at radius 1 is 0.422 bits per heavy atom. The van der Waals surface area contributed by atoms with Crippen molar-refractivity contribution in [3.05, 3.63) is 97.2 Å². The lowest BCUT2D eigenvalue weighted by Crippen LogP contribution is -2.47. The molecule has 0 bridgehead atoms. The van der Waals surface area contributed by atoms with Crippen molar-refractivity contribution >= 4 is 19.7 Å². The maximum Gasteiger partial charge on any atom is 0.472 e. The van der Waals surface area contributed by atoms with E-state index in [1.54, 1.807) is 0 Å². The number of quaternary nitrogens is 1. The highest BCUT2D eigenvalue weighted by Gasteiger charge is 2.30. The van der Waals surface area contributed by atoms with Crippen molar-refractivity contribution < 1.29 is 37.3 Å². The highest BCUT2D eigenvalue weighted by atomic mass is 31.2. The Balaban J connectivity index is 5.10. The summed E-state index contributed by atoms with van der Waals surface area (Å²) in [7, 11) is 1.48. The number of ether oxygens (including phenoxy) is 1. The number of unbranched alkanes of at least 4 members (excludes halogenated alkanes) is 32.